The van der Waals surface area contributed by atoms with E-state index in [0.29, 0.717) is 5.56 Å². The summed E-state index contributed by atoms with van der Waals surface area (Å²) in [6, 6.07) is 22.3. The van der Waals surface area contributed by atoms with Gasteiger partial charge in [0.05, 0.1) is 19.1 Å². The molecule has 3 aromatic carbocycles. The van der Waals surface area contributed by atoms with Crippen LogP contribution in [0.25, 0.3) is 0 Å². The molecule has 5 nitrogen and oxygen atoms in total. The third-order valence-corrected chi connectivity index (χ3v) is 5.95. The van der Waals surface area contributed by atoms with Crippen molar-refractivity contribution in [3.63, 3.8) is 0 Å². The van der Waals surface area contributed by atoms with Crippen LogP contribution in [-0.2, 0) is 11.2 Å². The molecule has 0 radical (unpaired) electrons. The Balaban J connectivity index is 1.75. The summed E-state index contributed by atoms with van der Waals surface area (Å²) >= 11 is 0. The Morgan fingerprint density at radius 3 is 2.32 bits per heavy atom. The SMILES string of the molecule is CCc1ccc(NC(=O)C2c3ccccc3C(=O)N(C)C2c2ccc(OC)cc2)cc1. The van der Waals surface area contributed by atoms with Crippen LogP contribution < -0.4 is 10.1 Å². The van der Waals surface area contributed by atoms with E-state index in [9.17, 15) is 9.59 Å². The van der Waals surface area contributed by atoms with E-state index in [1.807, 2.05) is 66.7 Å². The molecule has 158 valence electrons. The van der Waals surface area contributed by atoms with Gasteiger partial charge in [0.2, 0.25) is 5.91 Å². The number of ether oxygens (including phenoxy) is 1. The average molecular weight is 415 g/mol. The maximum absolute atomic E-state index is 13.6. The second-order valence-electron chi connectivity index (χ2n) is 7.74. The second-order valence-corrected chi connectivity index (χ2v) is 7.74. The van der Waals surface area contributed by atoms with Crippen LogP contribution in [0.15, 0.2) is 72.8 Å². The summed E-state index contributed by atoms with van der Waals surface area (Å²) in [5.41, 5.74) is 4.15. The van der Waals surface area contributed by atoms with Gasteiger partial charge in [-0.25, -0.2) is 0 Å². The highest BCUT2D eigenvalue weighted by molar-refractivity contribution is 6.04. The summed E-state index contributed by atoms with van der Waals surface area (Å²) in [6.45, 7) is 2.10. The Morgan fingerprint density at radius 2 is 1.68 bits per heavy atom. The van der Waals surface area contributed by atoms with Crippen molar-refractivity contribution >= 4 is 17.5 Å². The van der Waals surface area contributed by atoms with Crippen LogP contribution in [0.3, 0.4) is 0 Å². The van der Waals surface area contributed by atoms with E-state index >= 15 is 0 Å². The van der Waals surface area contributed by atoms with Crippen molar-refractivity contribution in [2.45, 2.75) is 25.3 Å². The molecule has 0 saturated carbocycles. The summed E-state index contributed by atoms with van der Waals surface area (Å²) in [5, 5.41) is 3.06. The Labute approximate surface area is 182 Å². The Morgan fingerprint density at radius 1 is 1.00 bits per heavy atom. The lowest BCUT2D eigenvalue weighted by Gasteiger charge is -2.39. The van der Waals surface area contributed by atoms with Crippen molar-refractivity contribution in [1.82, 2.24) is 4.90 Å². The predicted octanol–water partition coefficient (Wildman–Crippen LogP) is 4.81. The van der Waals surface area contributed by atoms with E-state index in [-0.39, 0.29) is 11.8 Å². The van der Waals surface area contributed by atoms with Crippen molar-refractivity contribution in [3.05, 3.63) is 95.1 Å². The predicted molar refractivity (Wildman–Crippen MR) is 121 cm³/mol. The average Bonchev–Trinajstić information content (AvgIpc) is 2.81. The van der Waals surface area contributed by atoms with Crippen molar-refractivity contribution in [1.29, 1.82) is 0 Å². The number of methoxy groups -OCH3 is 1. The molecule has 1 aliphatic rings. The van der Waals surface area contributed by atoms with Crippen molar-refractivity contribution in [3.8, 4) is 5.75 Å². The molecule has 1 N–H and O–H groups in total. The van der Waals surface area contributed by atoms with Crippen LogP contribution in [0.4, 0.5) is 5.69 Å². The highest BCUT2D eigenvalue weighted by Gasteiger charge is 2.42. The number of amides is 2. The first-order valence-corrected chi connectivity index (χ1v) is 10.4. The van der Waals surface area contributed by atoms with Gasteiger partial charge in [-0.2, -0.15) is 0 Å². The molecule has 5 heteroatoms. The molecule has 3 aromatic rings. The third kappa shape index (κ3) is 3.91. The van der Waals surface area contributed by atoms with Crippen molar-refractivity contribution in [2.24, 2.45) is 0 Å². The molecule has 1 aliphatic heterocycles. The number of rotatable bonds is 5. The van der Waals surface area contributed by atoms with Crippen LogP contribution in [0.2, 0.25) is 0 Å². The Kier molecular flexibility index (Phi) is 5.76. The molecule has 2 unspecified atom stereocenters. The van der Waals surface area contributed by atoms with Gasteiger partial charge in [0, 0.05) is 18.3 Å². The number of hydrogen-bond donors (Lipinski definition) is 1. The number of anilines is 1. The highest BCUT2D eigenvalue weighted by Crippen LogP contribution is 2.42. The number of nitrogens with zero attached hydrogens (tertiary/aromatic N) is 1. The topological polar surface area (TPSA) is 58.6 Å². The normalized spacial score (nSPS) is 17.8. The zero-order valence-electron chi connectivity index (χ0n) is 18.0. The minimum absolute atomic E-state index is 0.0900. The summed E-state index contributed by atoms with van der Waals surface area (Å²) in [6.07, 6.45) is 0.941. The van der Waals surface area contributed by atoms with E-state index in [0.717, 1.165) is 29.0 Å². The minimum Gasteiger partial charge on any atom is -0.497 e. The summed E-state index contributed by atoms with van der Waals surface area (Å²) < 4.78 is 5.27. The molecule has 31 heavy (non-hydrogen) atoms. The molecular formula is C26H26N2O3. The maximum atomic E-state index is 13.6. The summed E-state index contributed by atoms with van der Waals surface area (Å²) in [5.74, 6) is -0.0475. The molecule has 0 saturated heterocycles. The van der Waals surface area contributed by atoms with Gasteiger partial charge in [-0.3, -0.25) is 9.59 Å². The number of fused-ring (bicyclic) bond motifs is 1. The van der Waals surface area contributed by atoms with Gasteiger partial charge < -0.3 is 15.0 Å². The van der Waals surface area contributed by atoms with Crippen LogP contribution in [0, 0.1) is 0 Å². The van der Waals surface area contributed by atoms with Crippen LogP contribution in [-0.4, -0.2) is 30.9 Å². The van der Waals surface area contributed by atoms with Gasteiger partial charge in [-0.15, -0.1) is 0 Å². The zero-order chi connectivity index (χ0) is 22.0. The zero-order valence-corrected chi connectivity index (χ0v) is 18.0. The molecule has 1 heterocycles. The van der Waals surface area contributed by atoms with E-state index in [4.69, 9.17) is 4.74 Å². The van der Waals surface area contributed by atoms with Gasteiger partial charge in [-0.05, 0) is 53.4 Å². The van der Waals surface area contributed by atoms with Crippen LogP contribution in [0.5, 0.6) is 5.75 Å². The highest BCUT2D eigenvalue weighted by atomic mass is 16.5. The minimum atomic E-state index is -0.543. The van der Waals surface area contributed by atoms with Gasteiger partial charge in [0.15, 0.2) is 0 Å². The number of aryl methyl sites for hydroxylation is 1. The third-order valence-electron chi connectivity index (χ3n) is 5.95. The Bertz CT molecular complexity index is 1090. The van der Waals surface area contributed by atoms with Crippen LogP contribution >= 0.6 is 0 Å². The number of hydrogen-bond acceptors (Lipinski definition) is 3. The fraction of sp³-hybridized carbons (Fsp3) is 0.231. The number of carbonyl (C=O) groups excluding carboxylic acids is 2. The molecule has 4 rings (SSSR count). The molecule has 0 aromatic heterocycles. The maximum Gasteiger partial charge on any atom is 0.254 e. The lowest BCUT2D eigenvalue weighted by Crippen LogP contribution is -2.44. The van der Waals surface area contributed by atoms with Crippen molar-refractivity contribution in [2.75, 3.05) is 19.5 Å². The van der Waals surface area contributed by atoms with Gasteiger partial charge in [0.25, 0.3) is 5.91 Å². The van der Waals surface area contributed by atoms with Crippen LogP contribution in [0.1, 0.15) is 45.9 Å². The molecule has 2 atom stereocenters. The van der Waals surface area contributed by atoms with E-state index in [2.05, 4.69) is 12.2 Å². The molecule has 0 bridgehead atoms. The molecule has 0 aliphatic carbocycles. The number of likely N-dealkylation sites (N-methyl/N-ethyl adjacent to an activating group) is 1. The van der Waals surface area contributed by atoms with E-state index < -0.39 is 12.0 Å². The quantitative estimate of drug-likeness (QED) is 0.652. The molecule has 0 fully saturated rings. The number of benzene rings is 3. The van der Waals surface area contributed by atoms with Gasteiger partial charge in [0.1, 0.15) is 5.75 Å². The monoisotopic (exact) mass is 414 g/mol. The number of carbonyl (C=O) groups is 2. The lowest BCUT2D eigenvalue weighted by molar-refractivity contribution is -0.119. The fourth-order valence-corrected chi connectivity index (χ4v) is 4.22. The molecule has 2 amide bonds. The first kappa shape index (κ1) is 20.7. The lowest BCUT2D eigenvalue weighted by atomic mass is 9.79. The Hall–Kier alpha value is -3.60. The second kappa shape index (κ2) is 8.64. The smallest absolute Gasteiger partial charge is 0.254 e. The fourth-order valence-electron chi connectivity index (χ4n) is 4.22. The largest absolute Gasteiger partial charge is 0.497 e. The summed E-state index contributed by atoms with van der Waals surface area (Å²) in [7, 11) is 3.37. The standard InChI is InChI=1S/C26H26N2O3/c1-4-17-9-13-19(14-10-17)27-25(29)23-21-7-5-6-8-22(21)26(30)28(2)24(23)18-11-15-20(31-3)16-12-18/h5-16,23-24H,4H2,1-3H3,(H,27,29). The molecular weight excluding hydrogens is 388 g/mol. The van der Waals surface area contributed by atoms with Gasteiger partial charge >= 0.3 is 0 Å². The van der Waals surface area contributed by atoms with Gasteiger partial charge in [-0.1, -0.05) is 49.4 Å². The van der Waals surface area contributed by atoms with E-state index in [1.165, 1.54) is 5.56 Å². The number of nitrogens with one attached hydrogen (secondary N) is 1. The van der Waals surface area contributed by atoms with E-state index in [1.54, 1.807) is 25.1 Å². The van der Waals surface area contributed by atoms with Crippen molar-refractivity contribution < 1.29 is 14.3 Å². The molecule has 0 spiro atoms. The first-order valence-electron chi connectivity index (χ1n) is 10.4. The summed E-state index contributed by atoms with van der Waals surface area (Å²) in [4.78, 5) is 28.3. The first-order chi connectivity index (χ1) is 15.0.